The molecule has 0 saturated carbocycles. The molecule has 0 radical (unpaired) electrons. The minimum absolute atomic E-state index is 0. The predicted molar refractivity (Wildman–Crippen MR) is 98.9 cm³/mol. The van der Waals surface area contributed by atoms with Crippen molar-refractivity contribution in [1.29, 1.82) is 0 Å². The lowest BCUT2D eigenvalue weighted by Gasteiger charge is -2.11. The van der Waals surface area contributed by atoms with E-state index in [1.54, 1.807) is 11.8 Å². The van der Waals surface area contributed by atoms with Crippen molar-refractivity contribution in [3.05, 3.63) is 48.0 Å². The highest BCUT2D eigenvalue weighted by molar-refractivity contribution is 7.98. The molecular formula is C17H23ClN2OS. The zero-order chi connectivity index (χ0) is 15.1. The number of thioether (sulfide) groups is 1. The maximum absolute atomic E-state index is 11.8. The third-order valence-electron chi connectivity index (χ3n) is 3.50. The highest BCUT2D eigenvalue weighted by atomic mass is 35.5. The highest BCUT2D eigenvalue weighted by Crippen LogP contribution is 2.15. The van der Waals surface area contributed by atoms with E-state index in [0.29, 0.717) is 6.54 Å². The average molecular weight is 339 g/mol. The van der Waals surface area contributed by atoms with Crippen LogP contribution in [0.5, 0.6) is 0 Å². The van der Waals surface area contributed by atoms with Gasteiger partial charge >= 0.3 is 0 Å². The maximum Gasteiger partial charge on any atom is 0.236 e. The van der Waals surface area contributed by atoms with Gasteiger partial charge in [0.2, 0.25) is 5.91 Å². The second kappa shape index (κ2) is 9.72. The van der Waals surface area contributed by atoms with Crippen LogP contribution in [0.2, 0.25) is 0 Å². The molecule has 0 aliphatic rings. The van der Waals surface area contributed by atoms with Crippen molar-refractivity contribution in [2.75, 3.05) is 18.6 Å². The fraction of sp³-hybridized carbons (Fsp3) is 0.353. The van der Waals surface area contributed by atoms with Crippen molar-refractivity contribution in [1.82, 2.24) is 5.32 Å². The summed E-state index contributed by atoms with van der Waals surface area (Å²) in [6.45, 7) is 0.629. The summed E-state index contributed by atoms with van der Waals surface area (Å²) in [5.41, 5.74) is 7.06. The summed E-state index contributed by atoms with van der Waals surface area (Å²) in [6, 6.07) is 14.3. The Morgan fingerprint density at radius 3 is 2.68 bits per heavy atom. The van der Waals surface area contributed by atoms with E-state index in [9.17, 15) is 4.79 Å². The van der Waals surface area contributed by atoms with Crippen molar-refractivity contribution in [3.63, 3.8) is 0 Å². The molecule has 1 unspecified atom stereocenters. The highest BCUT2D eigenvalue weighted by Gasteiger charge is 2.11. The molecule has 0 aliphatic heterocycles. The summed E-state index contributed by atoms with van der Waals surface area (Å²) in [5, 5.41) is 5.39. The van der Waals surface area contributed by atoms with Crippen LogP contribution in [-0.2, 0) is 11.2 Å². The molecule has 3 N–H and O–H groups in total. The molecule has 1 amide bonds. The Morgan fingerprint density at radius 1 is 1.23 bits per heavy atom. The molecule has 0 aliphatic carbocycles. The molecule has 3 nitrogen and oxygen atoms in total. The molecule has 1 atom stereocenters. The standard InChI is InChI=1S/C17H22N2OS.ClH/c1-21-11-9-16(18)17(20)19-10-8-13-6-7-14-4-2-3-5-15(14)12-13;/h2-7,12,16H,8-11,18H2,1H3,(H,19,20);1H. The van der Waals surface area contributed by atoms with Crippen LogP contribution in [-0.4, -0.2) is 30.5 Å². The molecule has 0 fully saturated rings. The Balaban J connectivity index is 0.00000242. The van der Waals surface area contributed by atoms with Gasteiger partial charge in [-0.15, -0.1) is 12.4 Å². The Morgan fingerprint density at radius 2 is 1.95 bits per heavy atom. The second-order valence-electron chi connectivity index (χ2n) is 5.11. The molecule has 2 rings (SSSR count). The first-order chi connectivity index (χ1) is 10.2. The van der Waals surface area contributed by atoms with Crippen molar-refractivity contribution in [3.8, 4) is 0 Å². The number of nitrogens with two attached hydrogens (primary N) is 1. The van der Waals surface area contributed by atoms with Gasteiger partial charge in [0.15, 0.2) is 0 Å². The molecule has 2 aromatic rings. The molecule has 0 spiro atoms. The lowest BCUT2D eigenvalue weighted by molar-refractivity contribution is -0.122. The summed E-state index contributed by atoms with van der Waals surface area (Å²) in [4.78, 5) is 11.8. The van der Waals surface area contributed by atoms with Crippen molar-refractivity contribution < 1.29 is 4.79 Å². The molecular weight excluding hydrogens is 316 g/mol. The van der Waals surface area contributed by atoms with Crippen LogP contribution in [0.3, 0.4) is 0 Å². The molecule has 22 heavy (non-hydrogen) atoms. The van der Waals surface area contributed by atoms with E-state index in [1.807, 2.05) is 18.4 Å². The average Bonchev–Trinajstić information content (AvgIpc) is 2.52. The number of benzene rings is 2. The van der Waals surface area contributed by atoms with E-state index in [1.165, 1.54) is 16.3 Å². The third kappa shape index (κ3) is 5.52. The molecule has 0 bridgehead atoms. The maximum atomic E-state index is 11.8. The van der Waals surface area contributed by atoms with E-state index in [2.05, 4.69) is 35.6 Å². The van der Waals surface area contributed by atoms with Gasteiger partial charge in [-0.1, -0.05) is 42.5 Å². The van der Waals surface area contributed by atoms with Crippen molar-refractivity contribution in [2.45, 2.75) is 18.9 Å². The first-order valence-corrected chi connectivity index (χ1v) is 8.60. The first kappa shape index (κ1) is 18.8. The lowest BCUT2D eigenvalue weighted by atomic mass is 10.1. The summed E-state index contributed by atoms with van der Waals surface area (Å²) >= 11 is 1.71. The van der Waals surface area contributed by atoms with Gasteiger partial charge in [0.25, 0.3) is 0 Å². The van der Waals surface area contributed by atoms with Crippen molar-refractivity contribution >= 4 is 40.8 Å². The zero-order valence-corrected chi connectivity index (χ0v) is 14.4. The number of hydrogen-bond donors (Lipinski definition) is 2. The predicted octanol–water partition coefficient (Wildman–Crippen LogP) is 3.00. The minimum Gasteiger partial charge on any atom is -0.354 e. The number of halogens is 1. The van der Waals surface area contributed by atoms with Crippen LogP contribution in [0, 0.1) is 0 Å². The number of hydrogen-bond acceptors (Lipinski definition) is 3. The topological polar surface area (TPSA) is 55.1 Å². The molecule has 5 heteroatoms. The second-order valence-corrected chi connectivity index (χ2v) is 6.10. The minimum atomic E-state index is -0.394. The number of rotatable bonds is 7. The summed E-state index contributed by atoms with van der Waals surface area (Å²) in [7, 11) is 0. The lowest BCUT2D eigenvalue weighted by Crippen LogP contribution is -2.41. The van der Waals surface area contributed by atoms with Gasteiger partial charge in [-0.25, -0.2) is 0 Å². The smallest absolute Gasteiger partial charge is 0.236 e. The number of carbonyl (C=O) groups is 1. The van der Waals surface area contributed by atoms with Gasteiger partial charge in [0.05, 0.1) is 6.04 Å². The molecule has 120 valence electrons. The fourth-order valence-electron chi connectivity index (χ4n) is 2.23. The summed E-state index contributed by atoms with van der Waals surface area (Å²) in [5.74, 6) is 0.865. The Bertz CT molecular complexity index is 606. The van der Waals surface area contributed by atoms with E-state index in [-0.39, 0.29) is 18.3 Å². The van der Waals surface area contributed by atoms with Crippen LogP contribution >= 0.6 is 24.2 Å². The summed E-state index contributed by atoms with van der Waals surface area (Å²) < 4.78 is 0. The van der Waals surface area contributed by atoms with Gasteiger partial charge in [0.1, 0.15) is 0 Å². The van der Waals surface area contributed by atoms with Crippen LogP contribution in [0.1, 0.15) is 12.0 Å². The third-order valence-corrected chi connectivity index (χ3v) is 4.14. The van der Waals surface area contributed by atoms with Gasteiger partial charge < -0.3 is 11.1 Å². The van der Waals surface area contributed by atoms with Gasteiger partial charge in [-0.2, -0.15) is 11.8 Å². The van der Waals surface area contributed by atoms with Crippen LogP contribution < -0.4 is 11.1 Å². The van der Waals surface area contributed by atoms with E-state index in [4.69, 9.17) is 5.73 Å². The van der Waals surface area contributed by atoms with E-state index in [0.717, 1.165) is 18.6 Å². The Hall–Kier alpha value is -1.23. The molecule has 2 aromatic carbocycles. The number of amides is 1. The number of nitrogens with one attached hydrogen (secondary N) is 1. The fourth-order valence-corrected chi connectivity index (χ4v) is 2.72. The van der Waals surface area contributed by atoms with E-state index >= 15 is 0 Å². The molecule has 0 aromatic heterocycles. The van der Waals surface area contributed by atoms with E-state index < -0.39 is 6.04 Å². The van der Waals surface area contributed by atoms with Crippen LogP contribution in [0.4, 0.5) is 0 Å². The largest absolute Gasteiger partial charge is 0.354 e. The van der Waals surface area contributed by atoms with Crippen LogP contribution in [0.25, 0.3) is 10.8 Å². The van der Waals surface area contributed by atoms with Gasteiger partial charge in [-0.3, -0.25) is 4.79 Å². The summed E-state index contributed by atoms with van der Waals surface area (Å²) in [6.07, 6.45) is 3.57. The monoisotopic (exact) mass is 338 g/mol. The molecule has 0 saturated heterocycles. The van der Waals surface area contributed by atoms with Gasteiger partial charge in [0, 0.05) is 6.54 Å². The molecule has 0 heterocycles. The van der Waals surface area contributed by atoms with Gasteiger partial charge in [-0.05, 0) is 41.2 Å². The first-order valence-electron chi connectivity index (χ1n) is 7.20. The number of fused-ring (bicyclic) bond motifs is 1. The zero-order valence-electron chi connectivity index (χ0n) is 12.7. The van der Waals surface area contributed by atoms with Crippen molar-refractivity contribution in [2.24, 2.45) is 5.73 Å². The number of carbonyl (C=O) groups excluding carboxylic acids is 1. The quantitative estimate of drug-likeness (QED) is 0.816. The Labute approximate surface area is 142 Å². The Kier molecular flexibility index (Phi) is 8.31. The van der Waals surface area contributed by atoms with Crippen LogP contribution in [0.15, 0.2) is 42.5 Å². The normalized spacial score (nSPS) is 11.7. The SMILES string of the molecule is CSCCC(N)C(=O)NCCc1ccc2ccccc2c1.Cl.